The highest BCUT2D eigenvalue weighted by Crippen LogP contribution is 2.32. The molecule has 3 rings (SSSR count). The lowest BCUT2D eigenvalue weighted by atomic mass is 10.1. The smallest absolute Gasteiger partial charge is 0.147 e. The van der Waals surface area contributed by atoms with E-state index in [2.05, 4.69) is 16.1 Å². The molecule has 0 amide bonds. The van der Waals surface area contributed by atoms with Crippen molar-refractivity contribution >= 4 is 11.6 Å². The number of benzene rings is 1. The van der Waals surface area contributed by atoms with Gasteiger partial charge in [-0.15, -0.1) is 0 Å². The molecule has 1 aromatic heterocycles. The van der Waals surface area contributed by atoms with Crippen molar-refractivity contribution in [2.24, 2.45) is 5.73 Å². The first kappa shape index (κ1) is 13.6. The number of nitrogens with zero attached hydrogens (tertiary/aromatic N) is 3. The molecule has 20 heavy (non-hydrogen) atoms. The number of aryl methyl sites for hydroxylation is 1. The van der Waals surface area contributed by atoms with E-state index in [1.807, 2.05) is 29.8 Å². The summed E-state index contributed by atoms with van der Waals surface area (Å²) in [7, 11) is 0. The Kier molecular flexibility index (Phi) is 3.76. The summed E-state index contributed by atoms with van der Waals surface area (Å²) in [6.45, 7) is 2.65. The van der Waals surface area contributed by atoms with Crippen LogP contribution < -0.4 is 5.73 Å². The first-order valence-corrected chi connectivity index (χ1v) is 7.41. The molecule has 2 aromatic rings. The van der Waals surface area contributed by atoms with E-state index in [0.29, 0.717) is 18.5 Å². The lowest BCUT2D eigenvalue weighted by Crippen LogP contribution is -2.16. The topological polar surface area (TPSA) is 56.7 Å². The van der Waals surface area contributed by atoms with Gasteiger partial charge in [-0.3, -0.25) is 0 Å². The van der Waals surface area contributed by atoms with E-state index >= 15 is 0 Å². The van der Waals surface area contributed by atoms with Gasteiger partial charge >= 0.3 is 0 Å². The first-order chi connectivity index (χ1) is 9.61. The number of aromatic nitrogens is 3. The molecule has 0 radical (unpaired) electrons. The molecule has 106 valence electrons. The second-order valence-corrected chi connectivity index (χ2v) is 6.01. The fourth-order valence-electron chi connectivity index (χ4n) is 2.95. The molecule has 4 nitrogen and oxygen atoms in total. The van der Waals surface area contributed by atoms with Crippen LogP contribution >= 0.6 is 11.6 Å². The van der Waals surface area contributed by atoms with Gasteiger partial charge in [0, 0.05) is 17.0 Å². The van der Waals surface area contributed by atoms with Crippen molar-refractivity contribution in [1.29, 1.82) is 0 Å². The largest absolute Gasteiger partial charge is 0.328 e. The van der Waals surface area contributed by atoms with E-state index in [0.717, 1.165) is 41.5 Å². The zero-order chi connectivity index (χ0) is 14.1. The second kappa shape index (κ2) is 5.54. The number of nitrogens with two attached hydrogens (primary N) is 1. The predicted octanol–water partition coefficient (Wildman–Crippen LogP) is 2.88. The summed E-state index contributed by atoms with van der Waals surface area (Å²) in [6.07, 6.45) is 3.19. The van der Waals surface area contributed by atoms with Crippen LogP contribution in [0.5, 0.6) is 0 Å². The minimum Gasteiger partial charge on any atom is -0.328 e. The van der Waals surface area contributed by atoms with E-state index in [4.69, 9.17) is 17.3 Å². The maximum atomic E-state index is 6.04. The van der Waals surface area contributed by atoms with Gasteiger partial charge in [0.2, 0.25) is 0 Å². The number of hydrogen-bond donors (Lipinski definition) is 1. The lowest BCUT2D eigenvalue weighted by molar-refractivity contribution is 0.563. The van der Waals surface area contributed by atoms with E-state index in [9.17, 15) is 0 Å². The molecule has 0 aliphatic heterocycles. The predicted molar refractivity (Wildman–Crippen MR) is 79.9 cm³/mol. The van der Waals surface area contributed by atoms with Crippen LogP contribution in [0.3, 0.4) is 0 Å². The highest BCUT2D eigenvalue weighted by atomic mass is 35.5. The first-order valence-electron chi connectivity index (χ1n) is 7.03. The Hall–Kier alpha value is -1.39. The van der Waals surface area contributed by atoms with Gasteiger partial charge in [-0.25, -0.2) is 9.67 Å². The van der Waals surface area contributed by atoms with Crippen molar-refractivity contribution < 1.29 is 0 Å². The quantitative estimate of drug-likeness (QED) is 0.945. The van der Waals surface area contributed by atoms with E-state index < -0.39 is 0 Å². The second-order valence-electron chi connectivity index (χ2n) is 5.57. The fraction of sp³-hybridized carbons (Fsp3) is 0.467. The molecule has 2 atom stereocenters. The molecule has 1 aliphatic carbocycles. The molecule has 1 aliphatic rings. The molecule has 2 N–H and O–H groups in total. The molecule has 0 bridgehead atoms. The van der Waals surface area contributed by atoms with Crippen LogP contribution in [0.15, 0.2) is 24.3 Å². The van der Waals surface area contributed by atoms with Gasteiger partial charge < -0.3 is 5.73 Å². The Morgan fingerprint density at radius 3 is 2.95 bits per heavy atom. The van der Waals surface area contributed by atoms with Crippen LogP contribution in [0.4, 0.5) is 0 Å². The van der Waals surface area contributed by atoms with Crippen LogP contribution in [0, 0.1) is 6.92 Å². The standard InChI is InChI=1S/C15H19ClN4/c1-10-18-15(12-5-6-14(17)8-12)20(19-10)9-11-3-2-4-13(16)7-11/h2-4,7,12,14H,5-6,8-9,17H2,1H3/t12-,14+/m0/s1. The number of rotatable bonds is 3. The third-order valence-corrected chi connectivity index (χ3v) is 4.10. The summed E-state index contributed by atoms with van der Waals surface area (Å²) in [6, 6.07) is 8.19. The molecule has 1 saturated carbocycles. The summed E-state index contributed by atoms with van der Waals surface area (Å²) >= 11 is 6.04. The molecule has 0 unspecified atom stereocenters. The van der Waals surface area contributed by atoms with Crippen molar-refractivity contribution in [2.45, 2.75) is 44.7 Å². The van der Waals surface area contributed by atoms with Crippen LogP contribution in [-0.4, -0.2) is 20.8 Å². The molecule has 0 saturated heterocycles. The van der Waals surface area contributed by atoms with Gasteiger partial charge in [0.05, 0.1) is 6.54 Å². The van der Waals surface area contributed by atoms with Gasteiger partial charge in [-0.1, -0.05) is 23.7 Å². The minimum absolute atomic E-state index is 0.302. The molecule has 0 spiro atoms. The zero-order valence-corrected chi connectivity index (χ0v) is 12.3. The highest BCUT2D eigenvalue weighted by molar-refractivity contribution is 6.30. The average Bonchev–Trinajstić information content (AvgIpc) is 2.96. The van der Waals surface area contributed by atoms with Crippen LogP contribution in [0.2, 0.25) is 5.02 Å². The van der Waals surface area contributed by atoms with Crippen LogP contribution in [0.25, 0.3) is 0 Å². The van der Waals surface area contributed by atoms with Gasteiger partial charge in [0.15, 0.2) is 0 Å². The minimum atomic E-state index is 0.302. The van der Waals surface area contributed by atoms with Crippen molar-refractivity contribution in [1.82, 2.24) is 14.8 Å². The molecule has 1 aromatic carbocycles. The zero-order valence-electron chi connectivity index (χ0n) is 11.6. The normalized spacial score (nSPS) is 22.4. The van der Waals surface area contributed by atoms with Gasteiger partial charge in [0.25, 0.3) is 0 Å². The summed E-state index contributed by atoms with van der Waals surface area (Å²) in [5.41, 5.74) is 7.16. The Morgan fingerprint density at radius 1 is 1.40 bits per heavy atom. The van der Waals surface area contributed by atoms with Crippen LogP contribution in [0.1, 0.15) is 42.4 Å². The van der Waals surface area contributed by atoms with Crippen molar-refractivity contribution in [3.63, 3.8) is 0 Å². The molecule has 5 heteroatoms. The summed E-state index contributed by atoms with van der Waals surface area (Å²) in [4.78, 5) is 4.61. The molecular weight excluding hydrogens is 272 g/mol. The maximum Gasteiger partial charge on any atom is 0.147 e. The monoisotopic (exact) mass is 290 g/mol. The summed E-state index contributed by atoms with van der Waals surface area (Å²) in [5.74, 6) is 2.32. The van der Waals surface area contributed by atoms with E-state index in [1.54, 1.807) is 0 Å². The van der Waals surface area contributed by atoms with Gasteiger partial charge in [-0.05, 0) is 43.9 Å². The Labute approximate surface area is 124 Å². The molecule has 1 heterocycles. The Balaban J connectivity index is 1.86. The molecular formula is C15H19ClN4. The highest BCUT2D eigenvalue weighted by Gasteiger charge is 2.27. The van der Waals surface area contributed by atoms with Gasteiger partial charge in [0.1, 0.15) is 11.6 Å². The SMILES string of the molecule is Cc1nc([C@H]2CC[C@@H](N)C2)n(Cc2cccc(Cl)c2)n1. The number of hydrogen-bond acceptors (Lipinski definition) is 3. The van der Waals surface area contributed by atoms with Gasteiger partial charge in [-0.2, -0.15) is 5.10 Å². The van der Waals surface area contributed by atoms with Crippen molar-refractivity contribution in [3.05, 3.63) is 46.5 Å². The van der Waals surface area contributed by atoms with Crippen LogP contribution in [-0.2, 0) is 6.54 Å². The van der Waals surface area contributed by atoms with Crippen molar-refractivity contribution in [3.8, 4) is 0 Å². The third-order valence-electron chi connectivity index (χ3n) is 3.87. The molecule has 1 fully saturated rings. The Morgan fingerprint density at radius 2 is 2.25 bits per heavy atom. The number of halogens is 1. The summed E-state index contributed by atoms with van der Waals surface area (Å²) in [5, 5.41) is 5.28. The maximum absolute atomic E-state index is 6.04. The van der Waals surface area contributed by atoms with E-state index in [1.165, 1.54) is 0 Å². The fourth-order valence-corrected chi connectivity index (χ4v) is 3.16. The third kappa shape index (κ3) is 2.86. The lowest BCUT2D eigenvalue weighted by Gasteiger charge is -2.11. The van der Waals surface area contributed by atoms with Crippen molar-refractivity contribution in [2.75, 3.05) is 0 Å². The Bertz CT molecular complexity index is 608. The summed E-state index contributed by atoms with van der Waals surface area (Å²) < 4.78 is 2.00. The average molecular weight is 291 g/mol. The van der Waals surface area contributed by atoms with E-state index in [-0.39, 0.29) is 0 Å².